The van der Waals surface area contributed by atoms with E-state index in [1.54, 1.807) is 0 Å². The van der Waals surface area contributed by atoms with Crippen molar-refractivity contribution in [3.63, 3.8) is 0 Å². The van der Waals surface area contributed by atoms with Gasteiger partial charge in [0.1, 0.15) is 6.04 Å². The number of hydrogen-bond donors (Lipinski definition) is 1. The molecule has 1 atom stereocenters. The number of methoxy groups -OCH3 is 1. The molecular formula is C11H20N4O2. The summed E-state index contributed by atoms with van der Waals surface area (Å²) in [5, 5.41) is 6.67. The van der Waals surface area contributed by atoms with E-state index in [0.29, 0.717) is 19.0 Å². The predicted octanol–water partition coefficient (Wildman–Crippen LogP) is 2.01. The smallest absolute Gasteiger partial charge is 0.323 e. The highest BCUT2D eigenvalue weighted by Crippen LogP contribution is 2.28. The van der Waals surface area contributed by atoms with Crippen LogP contribution in [0.3, 0.4) is 0 Å². The fraction of sp³-hybridized carbons (Fsp3) is 0.909. The quantitative estimate of drug-likeness (QED) is 0.243. The topological polar surface area (TPSA) is 87.1 Å². The molecule has 1 aliphatic carbocycles. The highest BCUT2D eigenvalue weighted by atomic mass is 16.5. The van der Waals surface area contributed by atoms with Gasteiger partial charge in [-0.2, -0.15) is 0 Å². The van der Waals surface area contributed by atoms with Crippen molar-refractivity contribution in [2.24, 2.45) is 11.0 Å². The molecule has 0 aromatic heterocycles. The number of ether oxygens (including phenoxy) is 1. The standard InChI is InChI=1S/C11H20N4O2/c1-17-11(16)10(9-5-2-3-6-9)13-7-4-8-14-15-12/h9-10,13H,2-8H2,1H3. The van der Waals surface area contributed by atoms with E-state index in [2.05, 4.69) is 15.3 Å². The molecule has 1 aliphatic rings. The second-order valence-electron chi connectivity index (χ2n) is 4.31. The van der Waals surface area contributed by atoms with E-state index in [1.165, 1.54) is 20.0 Å². The third-order valence-corrected chi connectivity index (χ3v) is 3.19. The van der Waals surface area contributed by atoms with Crippen molar-refractivity contribution in [1.82, 2.24) is 5.32 Å². The summed E-state index contributed by atoms with van der Waals surface area (Å²) in [7, 11) is 1.42. The first-order chi connectivity index (χ1) is 8.29. The van der Waals surface area contributed by atoms with Gasteiger partial charge in [-0.25, -0.2) is 0 Å². The van der Waals surface area contributed by atoms with Crippen LogP contribution in [0.1, 0.15) is 32.1 Å². The maximum atomic E-state index is 11.7. The number of azide groups is 1. The van der Waals surface area contributed by atoms with Crippen LogP contribution in [0.2, 0.25) is 0 Å². The molecule has 0 spiro atoms. The molecule has 0 bridgehead atoms. The Labute approximate surface area is 101 Å². The van der Waals surface area contributed by atoms with Gasteiger partial charge in [-0.1, -0.05) is 18.0 Å². The van der Waals surface area contributed by atoms with Crippen LogP contribution in [0.4, 0.5) is 0 Å². The zero-order valence-electron chi connectivity index (χ0n) is 10.3. The summed E-state index contributed by atoms with van der Waals surface area (Å²) in [6.07, 6.45) is 5.30. The Bertz CT molecular complexity index is 283. The summed E-state index contributed by atoms with van der Waals surface area (Å²) >= 11 is 0. The number of hydrogen-bond acceptors (Lipinski definition) is 4. The van der Waals surface area contributed by atoms with Crippen molar-refractivity contribution in [2.45, 2.75) is 38.1 Å². The van der Waals surface area contributed by atoms with Crippen LogP contribution in [-0.4, -0.2) is 32.2 Å². The molecule has 0 heterocycles. The molecule has 0 radical (unpaired) electrons. The summed E-state index contributed by atoms with van der Waals surface area (Å²) in [5.41, 5.74) is 8.14. The molecule has 1 fully saturated rings. The lowest BCUT2D eigenvalue weighted by atomic mass is 9.98. The fourth-order valence-electron chi connectivity index (χ4n) is 2.31. The molecule has 0 aliphatic heterocycles. The second kappa shape index (κ2) is 7.92. The lowest BCUT2D eigenvalue weighted by molar-refractivity contribution is -0.144. The zero-order valence-corrected chi connectivity index (χ0v) is 10.3. The van der Waals surface area contributed by atoms with Gasteiger partial charge in [0, 0.05) is 11.5 Å². The van der Waals surface area contributed by atoms with Crippen LogP contribution in [-0.2, 0) is 9.53 Å². The lowest BCUT2D eigenvalue weighted by Gasteiger charge is -2.22. The Morgan fingerprint density at radius 3 is 2.88 bits per heavy atom. The van der Waals surface area contributed by atoms with Gasteiger partial charge in [0.05, 0.1) is 7.11 Å². The normalized spacial score (nSPS) is 17.5. The summed E-state index contributed by atoms with van der Waals surface area (Å²) in [5.74, 6) is 0.211. The van der Waals surface area contributed by atoms with Gasteiger partial charge in [-0.05, 0) is 37.3 Å². The zero-order chi connectivity index (χ0) is 12.5. The minimum Gasteiger partial charge on any atom is -0.468 e. The average Bonchev–Trinajstić information content (AvgIpc) is 2.86. The number of esters is 1. The minimum atomic E-state index is -0.200. The average molecular weight is 240 g/mol. The van der Waals surface area contributed by atoms with Crippen molar-refractivity contribution in [3.8, 4) is 0 Å². The Morgan fingerprint density at radius 2 is 2.29 bits per heavy atom. The van der Waals surface area contributed by atoms with Gasteiger partial charge < -0.3 is 10.1 Å². The third-order valence-electron chi connectivity index (χ3n) is 3.19. The highest BCUT2D eigenvalue weighted by molar-refractivity contribution is 5.76. The molecule has 17 heavy (non-hydrogen) atoms. The molecule has 96 valence electrons. The summed E-state index contributed by atoms with van der Waals surface area (Å²) in [6.45, 7) is 1.14. The first kappa shape index (κ1) is 13.8. The Morgan fingerprint density at radius 1 is 1.59 bits per heavy atom. The van der Waals surface area contributed by atoms with Gasteiger partial charge in [-0.3, -0.25) is 4.79 Å². The molecule has 0 aromatic rings. The van der Waals surface area contributed by atoms with Gasteiger partial charge in [-0.15, -0.1) is 0 Å². The van der Waals surface area contributed by atoms with Crippen LogP contribution in [0, 0.1) is 5.92 Å². The Balaban J connectivity index is 2.35. The first-order valence-corrected chi connectivity index (χ1v) is 6.11. The molecule has 1 N–H and O–H groups in total. The van der Waals surface area contributed by atoms with Crippen LogP contribution in [0.5, 0.6) is 0 Å². The van der Waals surface area contributed by atoms with Gasteiger partial charge >= 0.3 is 5.97 Å². The molecule has 1 saturated carbocycles. The minimum absolute atomic E-state index is 0.180. The maximum Gasteiger partial charge on any atom is 0.323 e. The van der Waals surface area contributed by atoms with E-state index in [-0.39, 0.29) is 12.0 Å². The molecular weight excluding hydrogens is 220 g/mol. The Hall–Kier alpha value is -1.26. The van der Waals surface area contributed by atoms with Gasteiger partial charge in [0.25, 0.3) is 0 Å². The van der Waals surface area contributed by atoms with E-state index in [1.807, 2.05) is 0 Å². The van der Waals surface area contributed by atoms with Gasteiger partial charge in [0.2, 0.25) is 0 Å². The van der Waals surface area contributed by atoms with Crippen LogP contribution >= 0.6 is 0 Å². The molecule has 0 amide bonds. The van der Waals surface area contributed by atoms with Crippen molar-refractivity contribution in [1.29, 1.82) is 0 Å². The monoisotopic (exact) mass is 240 g/mol. The summed E-state index contributed by atoms with van der Waals surface area (Å²) in [6, 6.07) is -0.200. The molecule has 1 unspecified atom stereocenters. The van der Waals surface area contributed by atoms with Crippen LogP contribution in [0.15, 0.2) is 5.11 Å². The number of nitrogens with one attached hydrogen (secondary N) is 1. The summed E-state index contributed by atoms with van der Waals surface area (Å²) in [4.78, 5) is 14.3. The predicted molar refractivity (Wildman–Crippen MR) is 64.4 cm³/mol. The van der Waals surface area contributed by atoms with E-state index < -0.39 is 0 Å². The van der Waals surface area contributed by atoms with Crippen LogP contribution < -0.4 is 5.32 Å². The van der Waals surface area contributed by atoms with Crippen LogP contribution in [0.25, 0.3) is 10.4 Å². The highest BCUT2D eigenvalue weighted by Gasteiger charge is 2.30. The number of rotatable bonds is 7. The third kappa shape index (κ3) is 4.63. The molecule has 6 heteroatoms. The Kier molecular flexibility index (Phi) is 6.43. The fourth-order valence-corrected chi connectivity index (χ4v) is 2.31. The van der Waals surface area contributed by atoms with Crippen molar-refractivity contribution in [2.75, 3.05) is 20.2 Å². The number of carbonyl (C=O) groups excluding carboxylic acids is 1. The number of carbonyl (C=O) groups is 1. The van der Waals surface area contributed by atoms with Crippen molar-refractivity contribution >= 4 is 5.97 Å². The molecule has 0 aromatic carbocycles. The van der Waals surface area contributed by atoms with E-state index in [4.69, 9.17) is 10.3 Å². The SMILES string of the molecule is COC(=O)C(NCCCN=[N+]=[N-])C1CCCC1. The molecule has 6 nitrogen and oxygen atoms in total. The van der Waals surface area contributed by atoms with E-state index >= 15 is 0 Å². The summed E-state index contributed by atoms with van der Waals surface area (Å²) < 4.78 is 4.82. The van der Waals surface area contributed by atoms with E-state index in [0.717, 1.165) is 19.3 Å². The van der Waals surface area contributed by atoms with Crippen molar-refractivity contribution < 1.29 is 9.53 Å². The van der Waals surface area contributed by atoms with Crippen molar-refractivity contribution in [3.05, 3.63) is 10.4 Å². The van der Waals surface area contributed by atoms with E-state index in [9.17, 15) is 4.79 Å². The maximum absolute atomic E-state index is 11.7. The molecule has 1 rings (SSSR count). The van der Waals surface area contributed by atoms with Gasteiger partial charge in [0.15, 0.2) is 0 Å². The largest absolute Gasteiger partial charge is 0.468 e. The second-order valence-corrected chi connectivity index (χ2v) is 4.31. The lowest BCUT2D eigenvalue weighted by Crippen LogP contribution is -2.43. The molecule has 0 saturated heterocycles. The number of nitrogens with zero attached hydrogens (tertiary/aromatic N) is 3. The first-order valence-electron chi connectivity index (χ1n) is 6.11.